The minimum absolute atomic E-state index is 0.0384. The van der Waals surface area contributed by atoms with Gasteiger partial charge in [-0.3, -0.25) is 0 Å². The Morgan fingerprint density at radius 2 is 1.86 bits per heavy atom. The van der Waals surface area contributed by atoms with E-state index in [9.17, 15) is 12.8 Å². The van der Waals surface area contributed by atoms with Gasteiger partial charge in [-0.15, -0.1) is 0 Å². The minimum Gasteiger partial charge on any atom is -0.352 e. The molecule has 0 bridgehead atoms. The van der Waals surface area contributed by atoms with E-state index in [-0.39, 0.29) is 4.90 Å². The van der Waals surface area contributed by atoms with E-state index in [1.54, 1.807) is 12.3 Å². The molecule has 0 spiro atoms. The summed E-state index contributed by atoms with van der Waals surface area (Å²) in [4.78, 5) is 11.4. The monoisotopic (exact) mass is 417 g/mol. The van der Waals surface area contributed by atoms with Gasteiger partial charge in [0.2, 0.25) is 0 Å². The van der Waals surface area contributed by atoms with E-state index >= 15 is 0 Å². The van der Waals surface area contributed by atoms with Crippen LogP contribution >= 0.6 is 0 Å². The van der Waals surface area contributed by atoms with Crippen LogP contribution < -0.4 is 10.2 Å². The molecule has 4 rings (SSSR count). The summed E-state index contributed by atoms with van der Waals surface area (Å²) in [5.41, 5.74) is 1.09. The highest BCUT2D eigenvalue weighted by molar-refractivity contribution is 7.90. The number of halogens is 1. The lowest BCUT2D eigenvalue weighted by molar-refractivity contribution is 0.583. The first kappa shape index (κ1) is 19.8. The van der Waals surface area contributed by atoms with Gasteiger partial charge in [0.1, 0.15) is 17.2 Å². The SMILES string of the molecule is CCCCc1nc2c(N3CCNCC3)nccc2n1S(=O)(=O)c1ccc(F)cc1. The standard InChI is InChI=1S/C20H24FN5O2S/c1-2-3-4-18-24-19-17(9-10-23-20(19)25-13-11-22-12-14-25)26(18)29(27,28)16-7-5-15(21)6-8-16/h5-10,22H,2-4,11-14H2,1H3. The van der Waals surface area contributed by atoms with Crippen molar-refractivity contribution in [1.82, 2.24) is 19.3 Å². The molecule has 0 amide bonds. The van der Waals surface area contributed by atoms with Crippen molar-refractivity contribution in [3.63, 3.8) is 0 Å². The summed E-state index contributed by atoms with van der Waals surface area (Å²) in [6.07, 6.45) is 3.90. The summed E-state index contributed by atoms with van der Waals surface area (Å²) in [6, 6.07) is 6.58. The quantitative estimate of drug-likeness (QED) is 0.664. The fourth-order valence-electron chi connectivity index (χ4n) is 3.60. The van der Waals surface area contributed by atoms with Crippen LogP contribution in [0.25, 0.3) is 11.0 Å². The van der Waals surface area contributed by atoms with Gasteiger partial charge in [0.15, 0.2) is 5.82 Å². The number of hydrogen-bond donors (Lipinski definition) is 1. The van der Waals surface area contributed by atoms with E-state index in [2.05, 4.69) is 22.1 Å². The third-order valence-electron chi connectivity index (χ3n) is 5.10. The third kappa shape index (κ3) is 3.72. The summed E-state index contributed by atoms with van der Waals surface area (Å²) in [5, 5.41) is 3.31. The lowest BCUT2D eigenvalue weighted by Gasteiger charge is -2.28. The number of rotatable bonds is 6. The fraction of sp³-hybridized carbons (Fsp3) is 0.400. The second-order valence-corrected chi connectivity index (χ2v) is 8.88. The molecule has 29 heavy (non-hydrogen) atoms. The van der Waals surface area contributed by atoms with Crippen molar-refractivity contribution in [2.75, 3.05) is 31.1 Å². The molecule has 1 aliphatic heterocycles. The average molecular weight is 418 g/mol. The van der Waals surface area contributed by atoms with E-state index in [0.717, 1.165) is 51.2 Å². The Balaban J connectivity index is 1.90. The van der Waals surface area contributed by atoms with E-state index in [1.165, 1.54) is 16.1 Å². The molecule has 3 aromatic rings. The van der Waals surface area contributed by atoms with Gasteiger partial charge in [0.25, 0.3) is 10.0 Å². The number of fused-ring (bicyclic) bond motifs is 1. The highest BCUT2D eigenvalue weighted by atomic mass is 32.2. The largest absolute Gasteiger partial charge is 0.352 e. The van der Waals surface area contributed by atoms with Gasteiger partial charge in [0.05, 0.1) is 10.4 Å². The Morgan fingerprint density at radius 3 is 2.55 bits per heavy atom. The minimum atomic E-state index is -3.92. The lowest BCUT2D eigenvalue weighted by Crippen LogP contribution is -2.44. The highest BCUT2D eigenvalue weighted by Crippen LogP contribution is 2.29. The van der Waals surface area contributed by atoms with Crippen LogP contribution in [0.2, 0.25) is 0 Å². The number of imidazole rings is 1. The molecule has 1 N–H and O–H groups in total. The molecule has 0 aliphatic carbocycles. The maximum absolute atomic E-state index is 13.4. The number of benzene rings is 1. The predicted molar refractivity (Wildman–Crippen MR) is 110 cm³/mol. The number of nitrogens with zero attached hydrogens (tertiary/aromatic N) is 4. The molecule has 1 fully saturated rings. The molecule has 154 valence electrons. The number of hydrogen-bond acceptors (Lipinski definition) is 6. The zero-order valence-electron chi connectivity index (χ0n) is 16.3. The van der Waals surface area contributed by atoms with Gasteiger partial charge in [-0.2, -0.15) is 0 Å². The number of piperazine rings is 1. The van der Waals surface area contributed by atoms with E-state index in [0.29, 0.717) is 29.1 Å². The van der Waals surface area contributed by atoms with Crippen LogP contribution in [0, 0.1) is 5.82 Å². The Labute approximate surface area is 169 Å². The Hall–Kier alpha value is -2.52. The van der Waals surface area contributed by atoms with Crippen molar-refractivity contribution in [1.29, 1.82) is 0 Å². The van der Waals surface area contributed by atoms with Crippen LogP contribution in [-0.4, -0.2) is 48.5 Å². The Morgan fingerprint density at radius 1 is 1.14 bits per heavy atom. The van der Waals surface area contributed by atoms with Crippen molar-refractivity contribution in [3.05, 3.63) is 48.2 Å². The molecular formula is C20H24FN5O2S. The zero-order valence-corrected chi connectivity index (χ0v) is 17.1. The smallest absolute Gasteiger partial charge is 0.269 e. The van der Waals surface area contributed by atoms with E-state index in [4.69, 9.17) is 4.98 Å². The van der Waals surface area contributed by atoms with Crippen molar-refractivity contribution >= 4 is 26.9 Å². The first-order valence-electron chi connectivity index (χ1n) is 9.85. The number of aromatic nitrogens is 3. The molecule has 1 saturated heterocycles. The predicted octanol–water partition coefficient (Wildman–Crippen LogP) is 2.56. The highest BCUT2D eigenvalue weighted by Gasteiger charge is 2.27. The van der Waals surface area contributed by atoms with Crippen LogP contribution in [0.15, 0.2) is 41.4 Å². The van der Waals surface area contributed by atoms with Gasteiger partial charge in [0, 0.05) is 38.8 Å². The molecule has 3 heterocycles. The summed E-state index contributed by atoms with van der Waals surface area (Å²) < 4.78 is 41.5. The van der Waals surface area contributed by atoms with Crippen LogP contribution in [0.3, 0.4) is 0 Å². The number of pyridine rings is 1. The zero-order chi connectivity index (χ0) is 20.4. The Bertz CT molecular complexity index is 1110. The summed E-state index contributed by atoms with van der Waals surface area (Å²) >= 11 is 0. The molecule has 7 nitrogen and oxygen atoms in total. The van der Waals surface area contributed by atoms with Crippen LogP contribution in [0.5, 0.6) is 0 Å². The maximum atomic E-state index is 13.4. The fourth-order valence-corrected chi connectivity index (χ4v) is 5.11. The van der Waals surface area contributed by atoms with Gasteiger partial charge < -0.3 is 10.2 Å². The molecule has 0 atom stereocenters. The average Bonchev–Trinajstić information content (AvgIpc) is 3.12. The van der Waals surface area contributed by atoms with Gasteiger partial charge in [-0.25, -0.2) is 26.7 Å². The van der Waals surface area contributed by atoms with Gasteiger partial charge in [-0.05, 0) is 36.8 Å². The van der Waals surface area contributed by atoms with Crippen LogP contribution in [0.1, 0.15) is 25.6 Å². The summed E-state index contributed by atoms with van der Waals surface area (Å²) in [6.45, 7) is 5.31. The first-order valence-corrected chi connectivity index (χ1v) is 11.3. The lowest BCUT2D eigenvalue weighted by atomic mass is 10.2. The Kier molecular flexibility index (Phi) is 5.51. The molecule has 1 aromatic carbocycles. The molecule has 1 aliphatic rings. The van der Waals surface area contributed by atoms with Crippen LogP contribution in [0.4, 0.5) is 10.2 Å². The van der Waals surface area contributed by atoms with Crippen molar-refractivity contribution in [3.8, 4) is 0 Å². The molecule has 0 saturated carbocycles. The van der Waals surface area contributed by atoms with Gasteiger partial charge in [-0.1, -0.05) is 13.3 Å². The number of aryl methyl sites for hydroxylation is 1. The molecule has 0 unspecified atom stereocenters. The second-order valence-electron chi connectivity index (χ2n) is 7.09. The van der Waals surface area contributed by atoms with Crippen molar-refractivity contribution in [2.45, 2.75) is 31.1 Å². The molecule has 9 heteroatoms. The summed E-state index contributed by atoms with van der Waals surface area (Å²) in [5.74, 6) is 0.709. The normalized spacial score (nSPS) is 15.2. The van der Waals surface area contributed by atoms with Gasteiger partial charge >= 0.3 is 0 Å². The van der Waals surface area contributed by atoms with Crippen molar-refractivity contribution in [2.24, 2.45) is 0 Å². The number of unbranched alkanes of at least 4 members (excludes halogenated alkanes) is 1. The van der Waals surface area contributed by atoms with Crippen molar-refractivity contribution < 1.29 is 12.8 Å². The first-order chi connectivity index (χ1) is 14.0. The second kappa shape index (κ2) is 8.08. The number of anilines is 1. The van der Waals surface area contributed by atoms with E-state index < -0.39 is 15.8 Å². The number of nitrogens with one attached hydrogen (secondary N) is 1. The summed E-state index contributed by atoms with van der Waals surface area (Å²) in [7, 11) is -3.92. The molecular weight excluding hydrogens is 393 g/mol. The van der Waals surface area contributed by atoms with Crippen LogP contribution in [-0.2, 0) is 16.4 Å². The third-order valence-corrected chi connectivity index (χ3v) is 6.86. The topological polar surface area (TPSA) is 80.1 Å². The molecule has 0 radical (unpaired) electrons. The van der Waals surface area contributed by atoms with E-state index in [1.807, 2.05) is 0 Å². The maximum Gasteiger partial charge on any atom is 0.269 e. The molecule has 2 aromatic heterocycles.